The summed E-state index contributed by atoms with van der Waals surface area (Å²) in [6.45, 7) is 1.05. The van der Waals surface area contributed by atoms with E-state index in [0.717, 1.165) is 12.1 Å². The Labute approximate surface area is 141 Å². The summed E-state index contributed by atoms with van der Waals surface area (Å²) in [4.78, 5) is 42.8. The molecule has 130 valence electrons. The van der Waals surface area contributed by atoms with Gasteiger partial charge in [-0.15, -0.1) is 0 Å². The molecule has 0 aliphatic carbocycles. The van der Waals surface area contributed by atoms with Crippen LogP contribution in [0.5, 0.6) is 0 Å². The van der Waals surface area contributed by atoms with Gasteiger partial charge in [0.15, 0.2) is 0 Å². The van der Waals surface area contributed by atoms with Gasteiger partial charge in [-0.05, 0) is 25.0 Å². The molecule has 2 heterocycles. The van der Waals surface area contributed by atoms with Crippen molar-refractivity contribution in [2.45, 2.75) is 38.1 Å². The summed E-state index contributed by atoms with van der Waals surface area (Å²) in [6.07, 6.45) is 3.51. The van der Waals surface area contributed by atoms with Gasteiger partial charge in [0, 0.05) is 44.9 Å². The molecule has 1 aliphatic heterocycles. The van der Waals surface area contributed by atoms with E-state index >= 15 is 0 Å². The zero-order chi connectivity index (χ0) is 17.5. The Balaban J connectivity index is 1.89. The van der Waals surface area contributed by atoms with E-state index in [2.05, 4.69) is 4.98 Å². The number of carbonyl (C=O) groups is 3. The highest BCUT2D eigenvalue weighted by Gasteiger charge is 2.35. The number of pyridine rings is 1. The van der Waals surface area contributed by atoms with Crippen molar-refractivity contribution in [3.05, 3.63) is 30.1 Å². The summed E-state index contributed by atoms with van der Waals surface area (Å²) in [5.74, 6) is -1.35. The number of amides is 2. The molecule has 24 heavy (non-hydrogen) atoms. The molecular weight excluding hydrogens is 310 g/mol. The lowest BCUT2D eigenvalue weighted by molar-refractivity contribution is -0.145. The molecule has 1 unspecified atom stereocenters. The highest BCUT2D eigenvalue weighted by atomic mass is 16.4. The molecule has 2 rings (SSSR count). The van der Waals surface area contributed by atoms with Crippen LogP contribution in [0.4, 0.5) is 0 Å². The number of nitrogens with zero attached hydrogens (tertiary/aromatic N) is 3. The quantitative estimate of drug-likeness (QED) is 0.802. The van der Waals surface area contributed by atoms with Crippen molar-refractivity contribution in [2.24, 2.45) is 0 Å². The van der Waals surface area contributed by atoms with Gasteiger partial charge >= 0.3 is 5.97 Å². The molecule has 7 heteroatoms. The fourth-order valence-corrected chi connectivity index (χ4v) is 2.87. The first-order chi connectivity index (χ1) is 11.5. The minimum absolute atomic E-state index is 0.0588. The zero-order valence-electron chi connectivity index (χ0n) is 13.9. The Morgan fingerprint density at radius 2 is 2.12 bits per heavy atom. The Bertz CT molecular complexity index is 591. The fraction of sp³-hybridized carbons (Fsp3) is 0.529. The molecule has 7 nitrogen and oxygen atoms in total. The van der Waals surface area contributed by atoms with Gasteiger partial charge in [-0.2, -0.15) is 0 Å². The maximum absolute atomic E-state index is 12.6. The van der Waals surface area contributed by atoms with Crippen LogP contribution in [0.15, 0.2) is 24.4 Å². The fourth-order valence-electron chi connectivity index (χ4n) is 2.87. The summed E-state index contributed by atoms with van der Waals surface area (Å²) in [7, 11) is 1.73. The molecule has 0 aromatic carbocycles. The number of aromatic nitrogens is 1. The minimum Gasteiger partial charge on any atom is -0.481 e. The van der Waals surface area contributed by atoms with E-state index in [4.69, 9.17) is 5.11 Å². The molecule has 1 N–H and O–H groups in total. The van der Waals surface area contributed by atoms with E-state index in [1.807, 2.05) is 18.2 Å². The van der Waals surface area contributed by atoms with Crippen LogP contribution in [0, 0.1) is 0 Å². The predicted molar refractivity (Wildman–Crippen MR) is 87.2 cm³/mol. The van der Waals surface area contributed by atoms with Crippen LogP contribution in [0.25, 0.3) is 0 Å². The van der Waals surface area contributed by atoms with Crippen molar-refractivity contribution in [3.8, 4) is 0 Å². The monoisotopic (exact) mass is 333 g/mol. The van der Waals surface area contributed by atoms with E-state index in [0.29, 0.717) is 25.9 Å². The van der Waals surface area contributed by atoms with Gasteiger partial charge < -0.3 is 14.9 Å². The smallest absolute Gasteiger partial charge is 0.303 e. The molecule has 1 aliphatic rings. The molecule has 1 fully saturated rings. The number of carbonyl (C=O) groups excluding carboxylic acids is 2. The molecule has 2 amide bonds. The Morgan fingerprint density at radius 3 is 2.79 bits per heavy atom. The van der Waals surface area contributed by atoms with E-state index in [-0.39, 0.29) is 24.7 Å². The van der Waals surface area contributed by atoms with Crippen LogP contribution < -0.4 is 0 Å². The molecule has 1 saturated heterocycles. The lowest BCUT2D eigenvalue weighted by Gasteiger charge is -2.28. The average Bonchev–Trinajstić information content (AvgIpc) is 3.07. The van der Waals surface area contributed by atoms with E-state index in [9.17, 15) is 14.4 Å². The number of hydrogen-bond donors (Lipinski definition) is 1. The number of likely N-dealkylation sites (tertiary alicyclic amines) is 1. The number of likely N-dealkylation sites (N-methyl/N-ethyl adjacent to an activating group) is 1. The third-order valence-electron chi connectivity index (χ3n) is 4.22. The van der Waals surface area contributed by atoms with Gasteiger partial charge in [0.25, 0.3) is 0 Å². The maximum atomic E-state index is 12.6. The minimum atomic E-state index is -1.00. The van der Waals surface area contributed by atoms with Gasteiger partial charge in [0.1, 0.15) is 6.04 Å². The third-order valence-corrected chi connectivity index (χ3v) is 4.22. The summed E-state index contributed by atoms with van der Waals surface area (Å²) in [5, 5.41) is 8.69. The van der Waals surface area contributed by atoms with Crippen LogP contribution in [0.1, 0.15) is 31.4 Å². The Morgan fingerprint density at radius 1 is 1.33 bits per heavy atom. The second-order valence-corrected chi connectivity index (χ2v) is 5.97. The van der Waals surface area contributed by atoms with E-state index in [1.165, 1.54) is 4.90 Å². The summed E-state index contributed by atoms with van der Waals surface area (Å²) < 4.78 is 0. The van der Waals surface area contributed by atoms with Gasteiger partial charge in [0.2, 0.25) is 11.8 Å². The number of carboxylic acid groups (broad SMARTS) is 1. The van der Waals surface area contributed by atoms with Crippen LogP contribution in [-0.4, -0.2) is 63.9 Å². The first-order valence-corrected chi connectivity index (χ1v) is 8.15. The summed E-state index contributed by atoms with van der Waals surface area (Å²) in [6, 6.07) is 5.19. The molecule has 1 aromatic rings. The van der Waals surface area contributed by atoms with Crippen LogP contribution >= 0.6 is 0 Å². The number of aliphatic carboxylic acids is 1. The Hall–Kier alpha value is -2.44. The molecule has 0 bridgehead atoms. The Kier molecular flexibility index (Phi) is 6.28. The average molecular weight is 333 g/mol. The topological polar surface area (TPSA) is 90.8 Å². The highest BCUT2D eigenvalue weighted by molar-refractivity contribution is 5.89. The SMILES string of the molecule is CN(CCc1ccccn1)C(=O)C1CCCN1C(=O)CCC(=O)O. The van der Waals surface area contributed by atoms with Crippen LogP contribution in [-0.2, 0) is 20.8 Å². The lowest BCUT2D eigenvalue weighted by Crippen LogP contribution is -2.47. The number of hydrogen-bond acceptors (Lipinski definition) is 4. The van der Waals surface area contributed by atoms with Crippen molar-refractivity contribution in [1.29, 1.82) is 0 Å². The van der Waals surface area contributed by atoms with Crippen molar-refractivity contribution >= 4 is 17.8 Å². The van der Waals surface area contributed by atoms with Crippen molar-refractivity contribution in [2.75, 3.05) is 20.1 Å². The van der Waals surface area contributed by atoms with Gasteiger partial charge in [-0.1, -0.05) is 6.07 Å². The standard InChI is InChI=1S/C17H23N3O4/c1-19(12-9-13-5-2-3-10-18-13)17(24)14-6-4-11-20(14)15(21)7-8-16(22)23/h2-3,5,10,14H,4,6-9,11-12H2,1H3,(H,22,23). The van der Waals surface area contributed by atoms with Crippen LogP contribution in [0.3, 0.4) is 0 Å². The highest BCUT2D eigenvalue weighted by Crippen LogP contribution is 2.20. The van der Waals surface area contributed by atoms with Gasteiger partial charge in [-0.3, -0.25) is 19.4 Å². The predicted octanol–water partition coefficient (Wildman–Crippen LogP) is 0.938. The molecule has 0 saturated carbocycles. The van der Waals surface area contributed by atoms with Crippen molar-refractivity contribution in [1.82, 2.24) is 14.8 Å². The second-order valence-electron chi connectivity index (χ2n) is 5.97. The largest absolute Gasteiger partial charge is 0.481 e. The first-order valence-electron chi connectivity index (χ1n) is 8.15. The first kappa shape index (κ1) is 17.9. The molecular formula is C17H23N3O4. The summed E-state index contributed by atoms with van der Waals surface area (Å²) >= 11 is 0. The molecule has 0 spiro atoms. The number of rotatable bonds is 7. The van der Waals surface area contributed by atoms with Crippen LogP contribution in [0.2, 0.25) is 0 Å². The molecule has 1 aromatic heterocycles. The maximum Gasteiger partial charge on any atom is 0.303 e. The third kappa shape index (κ3) is 4.78. The van der Waals surface area contributed by atoms with E-state index < -0.39 is 12.0 Å². The summed E-state index contributed by atoms with van der Waals surface area (Å²) in [5.41, 5.74) is 0.915. The van der Waals surface area contributed by atoms with Gasteiger partial charge in [-0.25, -0.2) is 0 Å². The zero-order valence-corrected chi connectivity index (χ0v) is 13.9. The normalized spacial score (nSPS) is 16.9. The van der Waals surface area contributed by atoms with E-state index in [1.54, 1.807) is 18.1 Å². The molecule has 0 radical (unpaired) electrons. The second kappa shape index (κ2) is 8.42. The van der Waals surface area contributed by atoms with Crippen molar-refractivity contribution < 1.29 is 19.5 Å². The van der Waals surface area contributed by atoms with Gasteiger partial charge in [0.05, 0.1) is 6.42 Å². The van der Waals surface area contributed by atoms with Crippen molar-refractivity contribution in [3.63, 3.8) is 0 Å². The lowest BCUT2D eigenvalue weighted by atomic mass is 10.1. The molecule has 1 atom stereocenters. The number of carboxylic acids is 1.